The van der Waals surface area contributed by atoms with Crippen LogP contribution in [0.25, 0.3) is 0 Å². The lowest BCUT2D eigenvalue weighted by Crippen LogP contribution is -2.30. The molecule has 1 unspecified atom stereocenters. The van der Waals surface area contributed by atoms with E-state index in [-0.39, 0.29) is 12.1 Å². The second kappa shape index (κ2) is 9.06. The van der Waals surface area contributed by atoms with Crippen molar-refractivity contribution in [1.82, 2.24) is 5.32 Å². The Bertz CT molecular complexity index is 370. The smallest absolute Gasteiger partial charge is 0.130 e. The van der Waals surface area contributed by atoms with E-state index in [0.29, 0.717) is 12.0 Å². The van der Waals surface area contributed by atoms with Crippen LogP contribution in [0.15, 0.2) is 18.2 Å². The molecule has 114 valence electrons. The zero-order valence-electron chi connectivity index (χ0n) is 12.9. The SMILES string of the molecule is CCCCCC(CC(C)C)NCc1c(F)cccc1F. The lowest BCUT2D eigenvalue weighted by atomic mass is 9.98. The average Bonchev–Trinajstić information content (AvgIpc) is 2.37. The average molecular weight is 283 g/mol. The Morgan fingerprint density at radius 3 is 2.30 bits per heavy atom. The minimum atomic E-state index is -0.464. The fourth-order valence-corrected chi connectivity index (χ4v) is 2.46. The molecule has 0 spiro atoms. The van der Waals surface area contributed by atoms with E-state index < -0.39 is 11.6 Å². The Kier molecular flexibility index (Phi) is 7.75. The van der Waals surface area contributed by atoms with Crippen LogP contribution in [-0.4, -0.2) is 6.04 Å². The number of rotatable bonds is 9. The van der Waals surface area contributed by atoms with Gasteiger partial charge in [-0.1, -0.05) is 46.1 Å². The molecule has 0 saturated heterocycles. The predicted molar refractivity (Wildman–Crippen MR) is 80.6 cm³/mol. The second-order valence-electron chi connectivity index (χ2n) is 5.90. The molecule has 0 radical (unpaired) electrons. The molecule has 1 rings (SSSR count). The van der Waals surface area contributed by atoms with E-state index >= 15 is 0 Å². The van der Waals surface area contributed by atoms with Gasteiger partial charge in [0.05, 0.1) is 0 Å². The van der Waals surface area contributed by atoms with E-state index in [1.165, 1.54) is 37.5 Å². The largest absolute Gasteiger partial charge is 0.310 e. The van der Waals surface area contributed by atoms with Crippen LogP contribution >= 0.6 is 0 Å². The van der Waals surface area contributed by atoms with Crippen LogP contribution < -0.4 is 5.32 Å². The summed E-state index contributed by atoms with van der Waals surface area (Å²) in [5.41, 5.74) is 0.150. The minimum absolute atomic E-state index is 0.150. The summed E-state index contributed by atoms with van der Waals surface area (Å²) >= 11 is 0. The molecule has 3 heteroatoms. The fourth-order valence-electron chi connectivity index (χ4n) is 2.46. The summed E-state index contributed by atoms with van der Waals surface area (Å²) in [4.78, 5) is 0. The molecule has 0 bridgehead atoms. The van der Waals surface area contributed by atoms with Gasteiger partial charge in [-0.25, -0.2) is 8.78 Å². The van der Waals surface area contributed by atoms with Gasteiger partial charge in [0.1, 0.15) is 11.6 Å². The maximum absolute atomic E-state index is 13.6. The molecule has 0 aliphatic heterocycles. The molecule has 1 atom stereocenters. The summed E-state index contributed by atoms with van der Waals surface area (Å²) in [5, 5.41) is 3.33. The van der Waals surface area contributed by atoms with Gasteiger partial charge in [-0.05, 0) is 30.9 Å². The molecule has 1 aromatic carbocycles. The molecule has 0 aliphatic carbocycles. The van der Waals surface area contributed by atoms with Crippen molar-refractivity contribution in [1.29, 1.82) is 0 Å². The van der Waals surface area contributed by atoms with Crippen molar-refractivity contribution in [2.75, 3.05) is 0 Å². The summed E-state index contributed by atoms with van der Waals surface area (Å²) in [7, 11) is 0. The maximum Gasteiger partial charge on any atom is 0.130 e. The van der Waals surface area contributed by atoms with Crippen LogP contribution in [0.1, 0.15) is 58.4 Å². The molecule has 1 N–H and O–H groups in total. The highest BCUT2D eigenvalue weighted by molar-refractivity contribution is 5.19. The van der Waals surface area contributed by atoms with E-state index in [2.05, 4.69) is 26.1 Å². The van der Waals surface area contributed by atoms with Gasteiger partial charge in [-0.15, -0.1) is 0 Å². The minimum Gasteiger partial charge on any atom is -0.310 e. The molecule has 0 amide bonds. The predicted octanol–water partition coefficient (Wildman–Crippen LogP) is 5.05. The van der Waals surface area contributed by atoms with Gasteiger partial charge in [0.15, 0.2) is 0 Å². The quantitative estimate of drug-likeness (QED) is 0.625. The number of hydrogen-bond donors (Lipinski definition) is 1. The number of hydrogen-bond acceptors (Lipinski definition) is 1. The lowest BCUT2D eigenvalue weighted by Gasteiger charge is -2.21. The Morgan fingerprint density at radius 1 is 1.10 bits per heavy atom. The first-order valence-corrected chi connectivity index (χ1v) is 7.70. The van der Waals surface area contributed by atoms with Crippen LogP contribution in [-0.2, 0) is 6.54 Å². The van der Waals surface area contributed by atoms with Crippen LogP contribution in [0.3, 0.4) is 0 Å². The van der Waals surface area contributed by atoms with Gasteiger partial charge in [0, 0.05) is 18.2 Å². The van der Waals surface area contributed by atoms with E-state index in [0.717, 1.165) is 12.8 Å². The second-order valence-corrected chi connectivity index (χ2v) is 5.90. The first-order chi connectivity index (χ1) is 9.54. The summed E-state index contributed by atoms with van der Waals surface area (Å²) in [5.74, 6) is -0.344. The first kappa shape index (κ1) is 17.1. The molecule has 0 fully saturated rings. The molecule has 1 aromatic rings. The fraction of sp³-hybridized carbons (Fsp3) is 0.647. The Labute approximate surface area is 121 Å². The van der Waals surface area contributed by atoms with Gasteiger partial charge in [0.25, 0.3) is 0 Å². The molecule has 1 nitrogen and oxygen atoms in total. The Balaban J connectivity index is 2.56. The molecule has 0 aromatic heterocycles. The van der Waals surface area contributed by atoms with Crippen molar-refractivity contribution in [3.8, 4) is 0 Å². The van der Waals surface area contributed by atoms with Gasteiger partial charge < -0.3 is 5.32 Å². The molecule has 0 heterocycles. The molecule has 0 saturated carbocycles. The summed E-state index contributed by atoms with van der Waals surface area (Å²) in [6.07, 6.45) is 5.68. The van der Waals surface area contributed by atoms with E-state index in [9.17, 15) is 8.78 Å². The van der Waals surface area contributed by atoms with Crippen molar-refractivity contribution in [3.05, 3.63) is 35.4 Å². The molecule has 20 heavy (non-hydrogen) atoms. The van der Waals surface area contributed by atoms with Crippen LogP contribution in [0.5, 0.6) is 0 Å². The number of nitrogens with one attached hydrogen (secondary N) is 1. The van der Waals surface area contributed by atoms with Gasteiger partial charge in [0.2, 0.25) is 0 Å². The third kappa shape index (κ3) is 6.00. The van der Waals surface area contributed by atoms with E-state index in [1.807, 2.05) is 0 Å². The van der Waals surface area contributed by atoms with E-state index in [1.54, 1.807) is 0 Å². The Hall–Kier alpha value is -0.960. The molecular weight excluding hydrogens is 256 g/mol. The highest BCUT2D eigenvalue weighted by Crippen LogP contribution is 2.15. The number of benzene rings is 1. The van der Waals surface area contributed by atoms with E-state index in [4.69, 9.17) is 0 Å². The first-order valence-electron chi connectivity index (χ1n) is 7.70. The molecular formula is C17H27F2N. The van der Waals surface area contributed by atoms with Crippen molar-refractivity contribution in [3.63, 3.8) is 0 Å². The zero-order valence-corrected chi connectivity index (χ0v) is 12.9. The van der Waals surface area contributed by atoms with Gasteiger partial charge >= 0.3 is 0 Å². The zero-order chi connectivity index (χ0) is 15.0. The normalized spacial score (nSPS) is 12.9. The van der Waals surface area contributed by atoms with Crippen molar-refractivity contribution in [2.24, 2.45) is 5.92 Å². The summed E-state index contributed by atoms with van der Waals surface area (Å²) < 4.78 is 27.2. The van der Waals surface area contributed by atoms with Gasteiger partial charge in [-0.3, -0.25) is 0 Å². The third-order valence-corrected chi connectivity index (χ3v) is 3.54. The lowest BCUT2D eigenvalue weighted by molar-refractivity contribution is 0.379. The number of unbranched alkanes of at least 4 members (excludes halogenated alkanes) is 2. The standard InChI is InChI=1S/C17H27F2N/c1-4-5-6-8-14(11-13(2)3)20-12-15-16(18)9-7-10-17(15)19/h7,9-10,13-14,20H,4-6,8,11-12H2,1-3H3. The topological polar surface area (TPSA) is 12.0 Å². The third-order valence-electron chi connectivity index (χ3n) is 3.54. The van der Waals surface area contributed by atoms with Crippen LogP contribution in [0.4, 0.5) is 8.78 Å². The summed E-state index contributed by atoms with van der Waals surface area (Å²) in [6.45, 7) is 6.80. The monoisotopic (exact) mass is 283 g/mol. The van der Waals surface area contributed by atoms with Crippen molar-refractivity contribution < 1.29 is 8.78 Å². The van der Waals surface area contributed by atoms with Gasteiger partial charge in [-0.2, -0.15) is 0 Å². The summed E-state index contributed by atoms with van der Waals surface area (Å²) in [6, 6.07) is 4.37. The highest BCUT2D eigenvalue weighted by Gasteiger charge is 2.13. The van der Waals surface area contributed by atoms with Crippen LogP contribution in [0, 0.1) is 17.6 Å². The van der Waals surface area contributed by atoms with Crippen molar-refractivity contribution >= 4 is 0 Å². The van der Waals surface area contributed by atoms with Crippen LogP contribution in [0.2, 0.25) is 0 Å². The number of halogens is 2. The van der Waals surface area contributed by atoms with Crippen molar-refractivity contribution in [2.45, 2.75) is 65.5 Å². The Morgan fingerprint density at radius 2 is 1.75 bits per heavy atom. The maximum atomic E-state index is 13.6. The highest BCUT2D eigenvalue weighted by atomic mass is 19.1. The molecule has 0 aliphatic rings.